The van der Waals surface area contributed by atoms with Gasteiger partial charge in [0.15, 0.2) is 5.90 Å². The number of rotatable bonds is 6. The molecule has 5 aromatic rings. The van der Waals surface area contributed by atoms with Gasteiger partial charge < -0.3 is 9.30 Å². The number of H-pyrrole nitrogens is 1. The maximum atomic E-state index is 8.67. The van der Waals surface area contributed by atoms with Crippen molar-refractivity contribution in [1.82, 2.24) is 29.4 Å². The summed E-state index contributed by atoms with van der Waals surface area (Å²) in [4.78, 5) is 2.39. The Kier molecular flexibility index (Phi) is 6.29. The first-order valence-electron chi connectivity index (χ1n) is 13.1. The van der Waals surface area contributed by atoms with Crippen LogP contribution in [0.15, 0.2) is 60.9 Å². The SMILES string of the molecule is CCn1cc(-c2n[nH]c3ccc(C(=N)OC(=N)[C@@H]4CCCN(Cc5cc6ccccc6n5C)C4)cc23)cn1. The molecule has 9 nitrogen and oxygen atoms in total. The second-order valence-electron chi connectivity index (χ2n) is 10.0. The minimum Gasteiger partial charge on any atom is -0.425 e. The molecule has 3 N–H and O–H groups in total. The monoisotopic (exact) mass is 508 g/mol. The highest BCUT2D eigenvalue weighted by Crippen LogP contribution is 2.28. The van der Waals surface area contributed by atoms with Crippen LogP contribution in [0.5, 0.6) is 0 Å². The number of aryl methyl sites for hydroxylation is 2. The van der Waals surface area contributed by atoms with Gasteiger partial charge >= 0.3 is 0 Å². The quantitative estimate of drug-likeness (QED) is 0.217. The maximum Gasteiger partial charge on any atom is 0.220 e. The molecule has 0 radical (unpaired) electrons. The molecule has 38 heavy (non-hydrogen) atoms. The highest BCUT2D eigenvalue weighted by atomic mass is 16.5. The smallest absolute Gasteiger partial charge is 0.220 e. The van der Waals surface area contributed by atoms with Gasteiger partial charge in [0, 0.05) is 66.5 Å². The Hall–Kier alpha value is -4.24. The number of ether oxygens (including phenoxy) is 1. The van der Waals surface area contributed by atoms with Crippen molar-refractivity contribution in [2.24, 2.45) is 13.0 Å². The third kappa shape index (κ3) is 4.50. The molecule has 0 bridgehead atoms. The zero-order valence-electron chi connectivity index (χ0n) is 21.7. The lowest BCUT2D eigenvalue weighted by atomic mass is 9.97. The highest BCUT2D eigenvalue weighted by Gasteiger charge is 2.26. The number of piperidine rings is 1. The first-order chi connectivity index (χ1) is 18.5. The van der Waals surface area contributed by atoms with Gasteiger partial charge in [-0.15, -0.1) is 0 Å². The van der Waals surface area contributed by atoms with Crippen LogP contribution in [0.3, 0.4) is 0 Å². The summed E-state index contributed by atoms with van der Waals surface area (Å²) in [6, 6.07) is 16.3. The lowest BCUT2D eigenvalue weighted by Crippen LogP contribution is -2.39. The van der Waals surface area contributed by atoms with E-state index in [1.165, 1.54) is 16.6 Å². The van der Waals surface area contributed by atoms with E-state index in [1.807, 2.05) is 36.0 Å². The summed E-state index contributed by atoms with van der Waals surface area (Å²) in [5.74, 6) is 0.111. The Morgan fingerprint density at radius 3 is 2.84 bits per heavy atom. The van der Waals surface area contributed by atoms with Crippen LogP contribution in [0.1, 0.15) is 31.0 Å². The summed E-state index contributed by atoms with van der Waals surface area (Å²) in [5, 5.41) is 31.3. The molecular weight excluding hydrogens is 476 g/mol. The van der Waals surface area contributed by atoms with E-state index in [4.69, 9.17) is 15.6 Å². The Morgan fingerprint density at radius 1 is 1.16 bits per heavy atom. The molecule has 0 unspecified atom stereocenters. The third-order valence-corrected chi connectivity index (χ3v) is 7.58. The molecule has 0 aliphatic carbocycles. The number of hydrogen-bond donors (Lipinski definition) is 3. The van der Waals surface area contributed by atoms with E-state index in [9.17, 15) is 0 Å². The van der Waals surface area contributed by atoms with E-state index in [-0.39, 0.29) is 17.7 Å². The fourth-order valence-corrected chi connectivity index (χ4v) is 5.43. The van der Waals surface area contributed by atoms with Gasteiger partial charge in [-0.1, -0.05) is 18.2 Å². The lowest BCUT2D eigenvalue weighted by Gasteiger charge is -2.32. The molecule has 1 aliphatic heterocycles. The minimum absolute atomic E-state index is 0.0147. The second kappa shape index (κ2) is 9.90. The molecule has 0 amide bonds. The van der Waals surface area contributed by atoms with Gasteiger partial charge in [0.2, 0.25) is 5.90 Å². The number of aromatic nitrogens is 5. The van der Waals surface area contributed by atoms with Crippen LogP contribution in [0.25, 0.3) is 33.1 Å². The summed E-state index contributed by atoms with van der Waals surface area (Å²) in [5.41, 5.74) is 5.71. The van der Waals surface area contributed by atoms with Crippen molar-refractivity contribution in [2.45, 2.75) is 32.9 Å². The molecule has 1 saturated heterocycles. The van der Waals surface area contributed by atoms with E-state index in [0.717, 1.165) is 61.2 Å². The average Bonchev–Trinajstić information content (AvgIpc) is 3.66. The Morgan fingerprint density at radius 2 is 2.03 bits per heavy atom. The van der Waals surface area contributed by atoms with Gasteiger partial charge in [0.05, 0.1) is 11.7 Å². The third-order valence-electron chi connectivity index (χ3n) is 7.58. The number of nitrogens with one attached hydrogen (secondary N) is 3. The number of para-hydroxylation sites is 1. The fraction of sp³-hybridized carbons (Fsp3) is 0.310. The van der Waals surface area contributed by atoms with Gasteiger partial charge in [0.1, 0.15) is 5.69 Å². The molecule has 194 valence electrons. The topological polar surface area (TPSA) is 112 Å². The van der Waals surface area contributed by atoms with Crippen molar-refractivity contribution >= 4 is 33.6 Å². The molecule has 0 spiro atoms. The Labute approximate surface area is 221 Å². The summed E-state index contributed by atoms with van der Waals surface area (Å²) >= 11 is 0. The number of likely N-dealkylation sites (tertiary alicyclic amines) is 1. The number of hydrogen-bond acceptors (Lipinski definition) is 6. The zero-order chi connectivity index (χ0) is 26.2. The molecule has 1 aliphatic rings. The van der Waals surface area contributed by atoms with Gasteiger partial charge in [-0.3, -0.25) is 25.5 Å². The molecular formula is C29H32N8O. The molecule has 9 heteroatoms. The minimum atomic E-state index is -0.0353. The lowest BCUT2D eigenvalue weighted by molar-refractivity contribution is 0.184. The predicted octanol–water partition coefficient (Wildman–Crippen LogP) is 5.17. The van der Waals surface area contributed by atoms with Crippen LogP contribution < -0.4 is 0 Å². The summed E-state index contributed by atoms with van der Waals surface area (Å²) in [6.07, 6.45) is 5.66. The van der Waals surface area contributed by atoms with Crippen LogP contribution in [0, 0.1) is 16.7 Å². The number of fused-ring (bicyclic) bond motifs is 2. The van der Waals surface area contributed by atoms with Crippen molar-refractivity contribution in [3.8, 4) is 11.3 Å². The highest BCUT2D eigenvalue weighted by molar-refractivity contribution is 6.04. The van der Waals surface area contributed by atoms with Gasteiger partial charge in [-0.2, -0.15) is 10.2 Å². The van der Waals surface area contributed by atoms with Crippen LogP contribution in [-0.4, -0.2) is 54.3 Å². The van der Waals surface area contributed by atoms with Gasteiger partial charge in [-0.05, 0) is 62.0 Å². The first-order valence-corrected chi connectivity index (χ1v) is 13.1. The normalized spacial score (nSPS) is 16.3. The van der Waals surface area contributed by atoms with Crippen molar-refractivity contribution in [1.29, 1.82) is 10.8 Å². The molecule has 6 rings (SSSR count). The van der Waals surface area contributed by atoms with E-state index in [1.54, 1.807) is 6.20 Å². The van der Waals surface area contributed by atoms with Crippen molar-refractivity contribution in [3.63, 3.8) is 0 Å². The zero-order valence-corrected chi connectivity index (χ0v) is 21.7. The second-order valence-corrected chi connectivity index (χ2v) is 10.0. The molecule has 2 aromatic carbocycles. The van der Waals surface area contributed by atoms with E-state index in [2.05, 4.69) is 62.1 Å². The summed E-state index contributed by atoms with van der Waals surface area (Å²) in [6.45, 7) is 5.41. The van der Waals surface area contributed by atoms with Crippen molar-refractivity contribution < 1.29 is 4.74 Å². The molecule has 1 fully saturated rings. The van der Waals surface area contributed by atoms with Crippen LogP contribution in [-0.2, 0) is 24.9 Å². The standard InChI is InChI=1S/C29H32N8O/c1-3-37-17-22(15-32-37)27-24-14-20(10-11-25(24)33-34-27)28(30)38-29(31)21-8-6-12-36(16-21)18-23-13-19-7-4-5-9-26(19)35(23)2/h4-5,7,9-11,13-15,17,21,30-31H,3,6,8,12,16,18H2,1-2H3,(H,33,34)/t21-/m1/s1. The van der Waals surface area contributed by atoms with Gasteiger partial charge in [0.25, 0.3) is 0 Å². The van der Waals surface area contributed by atoms with E-state index < -0.39 is 0 Å². The number of nitrogens with zero attached hydrogens (tertiary/aromatic N) is 5. The fourth-order valence-electron chi connectivity index (χ4n) is 5.43. The Bertz CT molecular complexity index is 1640. The van der Waals surface area contributed by atoms with Crippen LogP contribution in [0.2, 0.25) is 0 Å². The molecule has 3 aromatic heterocycles. The van der Waals surface area contributed by atoms with Crippen molar-refractivity contribution in [2.75, 3.05) is 13.1 Å². The Balaban J connectivity index is 1.14. The van der Waals surface area contributed by atoms with Crippen LogP contribution >= 0.6 is 0 Å². The molecule has 0 saturated carbocycles. The average molecular weight is 509 g/mol. The van der Waals surface area contributed by atoms with Crippen LogP contribution in [0.4, 0.5) is 0 Å². The maximum absolute atomic E-state index is 8.67. The summed E-state index contributed by atoms with van der Waals surface area (Å²) in [7, 11) is 2.11. The number of aromatic amines is 1. The molecule has 4 heterocycles. The largest absolute Gasteiger partial charge is 0.425 e. The van der Waals surface area contributed by atoms with Gasteiger partial charge in [-0.25, -0.2) is 0 Å². The van der Waals surface area contributed by atoms with E-state index in [0.29, 0.717) is 5.56 Å². The summed E-state index contributed by atoms with van der Waals surface area (Å²) < 4.78 is 9.94. The number of benzene rings is 2. The first kappa shape index (κ1) is 24.1. The predicted molar refractivity (Wildman–Crippen MR) is 150 cm³/mol. The van der Waals surface area contributed by atoms with Crippen molar-refractivity contribution in [3.05, 3.63) is 72.2 Å². The van der Waals surface area contributed by atoms with E-state index >= 15 is 0 Å². The molecule has 1 atom stereocenters.